The van der Waals surface area contributed by atoms with Gasteiger partial charge in [-0.25, -0.2) is 0 Å². The zero-order valence-electron chi connectivity index (χ0n) is 9.96. The summed E-state index contributed by atoms with van der Waals surface area (Å²) >= 11 is 0. The minimum absolute atomic E-state index is 0. The van der Waals surface area contributed by atoms with Crippen LogP contribution in [0.3, 0.4) is 0 Å². The molecule has 0 aliphatic carbocycles. The van der Waals surface area contributed by atoms with Crippen LogP contribution in [0.2, 0.25) is 0 Å². The molecule has 0 amide bonds. The fourth-order valence-corrected chi connectivity index (χ4v) is 2.11. The normalized spacial score (nSPS) is 10.5. The average Bonchev–Trinajstić information content (AvgIpc) is 2.38. The van der Waals surface area contributed by atoms with Gasteiger partial charge >= 0.3 is 29.6 Å². The van der Waals surface area contributed by atoms with Gasteiger partial charge in [-0.05, 0) is 18.2 Å². The molecule has 0 unspecified atom stereocenters. The molecule has 0 radical (unpaired) electrons. The number of nitrogens with zero attached hydrogens (tertiary/aromatic N) is 1. The van der Waals surface area contributed by atoms with Crippen LogP contribution in [0.15, 0.2) is 53.4 Å². The molecule has 2 rings (SSSR count). The monoisotopic (exact) mass is 319 g/mol. The van der Waals surface area contributed by atoms with Gasteiger partial charge in [0.15, 0.2) is 5.75 Å². The van der Waals surface area contributed by atoms with Crippen molar-refractivity contribution in [3.05, 3.63) is 58.6 Å². The molecule has 0 spiro atoms. The van der Waals surface area contributed by atoms with Crippen molar-refractivity contribution in [2.24, 2.45) is 0 Å². The molecule has 7 nitrogen and oxygen atoms in total. The summed E-state index contributed by atoms with van der Waals surface area (Å²) in [4.78, 5) is 9.48. The van der Waals surface area contributed by atoms with Crippen LogP contribution in [0, 0.1) is 10.1 Å². The first-order chi connectivity index (χ1) is 9.38. The summed E-state index contributed by atoms with van der Waals surface area (Å²) in [5.74, 6) is -0.0224. The Kier molecular flexibility index (Phi) is 5.87. The van der Waals surface area contributed by atoms with Gasteiger partial charge in [0.2, 0.25) is 0 Å². The molecule has 0 aromatic heterocycles. The van der Waals surface area contributed by atoms with Gasteiger partial charge in [0.05, 0.1) is 11.0 Å². The molecule has 0 heterocycles. The summed E-state index contributed by atoms with van der Waals surface area (Å²) in [5, 5.41) is 10.7. The summed E-state index contributed by atoms with van der Waals surface area (Å²) in [6.45, 7) is 0. The number of benzene rings is 2. The molecule has 0 atom stereocenters. The molecule has 0 saturated heterocycles. The van der Waals surface area contributed by atoms with Gasteiger partial charge in [-0.1, -0.05) is 18.2 Å². The molecule has 21 heavy (non-hydrogen) atoms. The summed E-state index contributed by atoms with van der Waals surface area (Å²) in [7, 11) is -4.54. The predicted octanol–water partition coefficient (Wildman–Crippen LogP) is 1.99. The van der Waals surface area contributed by atoms with Crippen LogP contribution >= 0.6 is 0 Å². The second-order valence-electron chi connectivity index (χ2n) is 3.78. The van der Waals surface area contributed by atoms with E-state index in [0.717, 1.165) is 18.2 Å². The molecule has 9 heteroatoms. The van der Waals surface area contributed by atoms with Gasteiger partial charge in [0, 0.05) is 6.07 Å². The summed E-state index contributed by atoms with van der Waals surface area (Å²) in [6.07, 6.45) is 0. The van der Waals surface area contributed by atoms with E-state index >= 15 is 0 Å². The van der Waals surface area contributed by atoms with E-state index in [0.29, 0.717) is 0 Å². The van der Waals surface area contributed by atoms with E-state index in [4.69, 9.17) is 9.29 Å². The van der Waals surface area contributed by atoms with Gasteiger partial charge < -0.3 is 4.74 Å². The third-order valence-electron chi connectivity index (χ3n) is 2.39. The van der Waals surface area contributed by atoms with Gasteiger partial charge in [0.25, 0.3) is 15.8 Å². The fraction of sp³-hybridized carbons (Fsp3) is 0. The van der Waals surface area contributed by atoms with E-state index in [1.807, 2.05) is 0 Å². The molecule has 106 valence electrons. The van der Waals surface area contributed by atoms with Crippen LogP contribution in [-0.2, 0) is 10.1 Å². The molecule has 0 bridgehead atoms. The zero-order valence-corrected chi connectivity index (χ0v) is 10.8. The van der Waals surface area contributed by atoms with Gasteiger partial charge in [0.1, 0.15) is 10.6 Å². The first-order valence-corrected chi connectivity index (χ1v) is 6.81. The Balaban J connectivity index is 0.00000220. The number of rotatable bonds is 4. The second-order valence-corrected chi connectivity index (χ2v) is 5.17. The number of ether oxygens (including phenoxy) is 1. The molecule has 0 saturated carbocycles. The molecule has 2 aromatic rings. The van der Waals surface area contributed by atoms with Crippen molar-refractivity contribution in [2.45, 2.75) is 4.90 Å². The number of non-ortho nitro benzene ring substituents is 1. The van der Waals surface area contributed by atoms with Crippen molar-refractivity contribution in [2.75, 3.05) is 0 Å². The van der Waals surface area contributed by atoms with Crippen molar-refractivity contribution < 1.29 is 22.6 Å². The zero-order chi connectivity index (χ0) is 14.8. The maximum absolute atomic E-state index is 11.2. The Morgan fingerprint density at radius 2 is 1.71 bits per heavy atom. The Hall–Kier alpha value is -1.45. The van der Waals surface area contributed by atoms with Crippen molar-refractivity contribution in [3.8, 4) is 11.5 Å². The van der Waals surface area contributed by atoms with Gasteiger partial charge in [-0.2, -0.15) is 8.42 Å². The van der Waals surface area contributed by atoms with E-state index < -0.39 is 19.9 Å². The van der Waals surface area contributed by atoms with Crippen LogP contribution in [0.25, 0.3) is 0 Å². The summed E-state index contributed by atoms with van der Waals surface area (Å²) in [5.41, 5.74) is -0.344. The predicted molar refractivity (Wildman–Crippen MR) is 76.6 cm³/mol. The molecule has 1 N–H and O–H groups in total. The fourth-order valence-electron chi connectivity index (χ4n) is 1.52. The average molecular weight is 319 g/mol. The number of nitro groups is 1. The molecule has 2 aromatic carbocycles. The van der Waals surface area contributed by atoms with Gasteiger partial charge in [-0.15, -0.1) is 0 Å². The Morgan fingerprint density at radius 1 is 1.10 bits per heavy atom. The van der Waals surface area contributed by atoms with Crippen LogP contribution in [0.1, 0.15) is 0 Å². The van der Waals surface area contributed by atoms with Crippen molar-refractivity contribution in [1.82, 2.24) is 0 Å². The third kappa shape index (κ3) is 4.51. The maximum atomic E-state index is 11.2. The van der Waals surface area contributed by atoms with Gasteiger partial charge in [-0.3, -0.25) is 14.7 Å². The number of nitro benzene ring substituents is 1. The third-order valence-corrected chi connectivity index (χ3v) is 3.28. The molecular formula is C12H10NNaO6S. The van der Waals surface area contributed by atoms with Crippen LogP contribution in [0.4, 0.5) is 5.69 Å². The van der Waals surface area contributed by atoms with Crippen molar-refractivity contribution in [1.29, 1.82) is 0 Å². The number of hydrogen-bond acceptors (Lipinski definition) is 5. The standard InChI is InChI=1S/C12H9NO6S.Na.H/c14-13(15)9-6-7-12(20(16,17)18)11(8-9)19-10-4-2-1-3-5-10;;/h1-8H,(H,16,17,18);;. The van der Waals surface area contributed by atoms with E-state index in [1.54, 1.807) is 30.3 Å². The summed E-state index contributed by atoms with van der Waals surface area (Å²) in [6, 6.07) is 11.0. The Labute approximate surface area is 142 Å². The van der Waals surface area contributed by atoms with Crippen LogP contribution < -0.4 is 4.74 Å². The number of para-hydroxylation sites is 1. The number of hydrogen-bond donors (Lipinski definition) is 1. The van der Waals surface area contributed by atoms with E-state index in [2.05, 4.69) is 0 Å². The second kappa shape index (κ2) is 7.01. The Morgan fingerprint density at radius 3 is 2.24 bits per heavy atom. The molecular weight excluding hydrogens is 309 g/mol. The van der Waals surface area contributed by atoms with Crippen LogP contribution in [0.5, 0.6) is 11.5 Å². The van der Waals surface area contributed by atoms with E-state index in [-0.39, 0.29) is 46.7 Å². The topological polar surface area (TPSA) is 107 Å². The van der Waals surface area contributed by atoms with Crippen molar-refractivity contribution >= 4 is 45.4 Å². The SMILES string of the molecule is O=[N+]([O-])c1ccc(S(=O)(=O)O)c(Oc2ccccc2)c1.[NaH]. The molecule has 0 aliphatic rings. The molecule has 0 fully saturated rings. The van der Waals surface area contributed by atoms with Crippen LogP contribution in [-0.4, -0.2) is 47.5 Å². The van der Waals surface area contributed by atoms with E-state index in [9.17, 15) is 18.5 Å². The summed E-state index contributed by atoms with van der Waals surface area (Å²) < 4.78 is 36.8. The minimum atomic E-state index is -4.54. The first-order valence-electron chi connectivity index (χ1n) is 5.37. The molecule has 0 aliphatic heterocycles. The first kappa shape index (κ1) is 17.6. The Bertz CT molecular complexity index is 748. The van der Waals surface area contributed by atoms with E-state index in [1.165, 1.54) is 0 Å². The quantitative estimate of drug-likeness (QED) is 0.400. The van der Waals surface area contributed by atoms with Crippen molar-refractivity contribution in [3.63, 3.8) is 0 Å².